The largest absolute Gasteiger partial charge is 0.375 e. The average molecular weight is 279 g/mol. The summed E-state index contributed by atoms with van der Waals surface area (Å²) in [6, 6.07) is 0. The van der Waals surface area contributed by atoms with E-state index in [2.05, 4.69) is 19.2 Å². The van der Waals surface area contributed by atoms with Crippen LogP contribution in [0.1, 0.15) is 47.5 Å². The summed E-state index contributed by atoms with van der Waals surface area (Å²) < 4.78 is 7.54. The maximum atomic E-state index is 10.8. The third-order valence-corrected chi connectivity index (χ3v) is 3.60. The number of nitrogens with one attached hydrogen (secondary N) is 1. The Morgan fingerprint density at radius 1 is 1.28 bits per heavy atom. The molecule has 0 aliphatic heterocycles. The third kappa shape index (κ3) is 7.90. The molecule has 0 atom stereocenters. The van der Waals surface area contributed by atoms with Gasteiger partial charge in [0.1, 0.15) is 0 Å². The normalized spacial score (nSPS) is 12.9. The van der Waals surface area contributed by atoms with Crippen LogP contribution in [0.15, 0.2) is 0 Å². The Bertz CT molecular complexity index is 266. The fourth-order valence-electron chi connectivity index (χ4n) is 1.34. The summed E-state index contributed by atoms with van der Waals surface area (Å²) in [5.74, 6) is -0.00398. The molecule has 0 saturated carbocycles. The van der Waals surface area contributed by atoms with Gasteiger partial charge in [0, 0.05) is 32.7 Å². The van der Waals surface area contributed by atoms with Crippen molar-refractivity contribution in [2.45, 2.75) is 58.6 Å². The van der Waals surface area contributed by atoms with Crippen LogP contribution >= 0.6 is 11.8 Å². The summed E-state index contributed by atoms with van der Waals surface area (Å²) in [6.45, 7) is 11.0. The molecule has 0 heterocycles. The van der Waals surface area contributed by atoms with Gasteiger partial charge in [-0.3, -0.25) is 4.79 Å². The molecule has 0 aromatic heterocycles. The van der Waals surface area contributed by atoms with E-state index in [1.807, 2.05) is 20.9 Å². The van der Waals surface area contributed by atoms with E-state index in [1.54, 1.807) is 4.42 Å². The van der Waals surface area contributed by atoms with E-state index in [0.29, 0.717) is 13.2 Å². The summed E-state index contributed by atoms with van der Waals surface area (Å²) in [4.78, 5) is 10.8. The SMILES string of the molecule is CC(=O)NCCC(C)(C)OCCC(C)(C)N(C)Cl. The van der Waals surface area contributed by atoms with E-state index in [0.717, 1.165) is 12.8 Å². The van der Waals surface area contributed by atoms with Gasteiger partial charge in [0.25, 0.3) is 0 Å². The molecule has 0 saturated heterocycles. The maximum absolute atomic E-state index is 10.8. The van der Waals surface area contributed by atoms with Crippen molar-refractivity contribution in [3.05, 3.63) is 0 Å². The molecule has 0 fully saturated rings. The van der Waals surface area contributed by atoms with Crippen molar-refractivity contribution in [3.8, 4) is 0 Å². The van der Waals surface area contributed by atoms with Gasteiger partial charge in [0.05, 0.1) is 5.60 Å². The van der Waals surface area contributed by atoms with Crippen molar-refractivity contribution < 1.29 is 9.53 Å². The zero-order valence-electron chi connectivity index (χ0n) is 12.5. The van der Waals surface area contributed by atoms with Crippen molar-refractivity contribution in [1.82, 2.24) is 9.74 Å². The molecule has 0 spiro atoms. The summed E-state index contributed by atoms with van der Waals surface area (Å²) in [5.41, 5.74) is -0.321. The molecule has 108 valence electrons. The molecular formula is C13H27ClN2O2. The zero-order valence-corrected chi connectivity index (χ0v) is 13.2. The molecule has 5 heteroatoms. The summed E-state index contributed by atoms with van der Waals surface area (Å²) >= 11 is 5.97. The molecular weight excluding hydrogens is 252 g/mol. The lowest BCUT2D eigenvalue weighted by atomic mass is 10.0. The quantitative estimate of drug-likeness (QED) is 0.694. The molecule has 0 rings (SSSR count). The van der Waals surface area contributed by atoms with E-state index in [-0.39, 0.29) is 17.0 Å². The van der Waals surface area contributed by atoms with Crippen LogP contribution < -0.4 is 5.32 Å². The Balaban J connectivity index is 3.93. The molecule has 1 N–H and O–H groups in total. The highest BCUT2D eigenvalue weighted by Gasteiger charge is 2.24. The van der Waals surface area contributed by atoms with Crippen molar-refractivity contribution in [3.63, 3.8) is 0 Å². The molecule has 0 aliphatic rings. The zero-order chi connectivity index (χ0) is 14.4. The highest BCUT2D eigenvalue weighted by atomic mass is 35.5. The average Bonchev–Trinajstić information content (AvgIpc) is 2.15. The smallest absolute Gasteiger partial charge is 0.216 e. The molecule has 0 aromatic rings. The molecule has 0 aromatic carbocycles. The van der Waals surface area contributed by atoms with E-state index < -0.39 is 0 Å². The molecule has 0 unspecified atom stereocenters. The van der Waals surface area contributed by atoms with E-state index in [1.165, 1.54) is 6.92 Å². The van der Waals surface area contributed by atoms with Gasteiger partial charge < -0.3 is 10.1 Å². The number of halogens is 1. The first-order chi connectivity index (χ1) is 8.07. The molecule has 0 bridgehead atoms. The van der Waals surface area contributed by atoms with E-state index >= 15 is 0 Å². The predicted octanol–water partition coefficient (Wildman–Crippen LogP) is 2.56. The predicted molar refractivity (Wildman–Crippen MR) is 75.6 cm³/mol. The monoisotopic (exact) mass is 278 g/mol. The van der Waals surface area contributed by atoms with Gasteiger partial charge in [0.15, 0.2) is 0 Å². The second-order valence-electron chi connectivity index (χ2n) is 5.88. The Hall–Kier alpha value is -0.320. The maximum Gasteiger partial charge on any atom is 0.216 e. The fraction of sp³-hybridized carbons (Fsp3) is 0.923. The van der Waals surface area contributed by atoms with Crippen LogP contribution in [0.25, 0.3) is 0 Å². The second kappa shape index (κ2) is 7.31. The lowest BCUT2D eigenvalue weighted by Crippen LogP contribution is -2.38. The van der Waals surface area contributed by atoms with Crippen LogP contribution in [0.5, 0.6) is 0 Å². The molecule has 0 aliphatic carbocycles. The van der Waals surface area contributed by atoms with Gasteiger partial charge >= 0.3 is 0 Å². The first-order valence-electron chi connectivity index (χ1n) is 6.35. The summed E-state index contributed by atoms with van der Waals surface area (Å²) in [7, 11) is 1.85. The van der Waals surface area contributed by atoms with Crippen molar-refractivity contribution >= 4 is 17.7 Å². The van der Waals surface area contributed by atoms with Gasteiger partial charge in [0.2, 0.25) is 5.91 Å². The number of rotatable bonds is 8. The van der Waals surface area contributed by atoms with Crippen LogP contribution in [0.4, 0.5) is 0 Å². The minimum absolute atomic E-state index is 0.00398. The fourth-order valence-corrected chi connectivity index (χ4v) is 1.43. The summed E-state index contributed by atoms with van der Waals surface area (Å²) in [6.07, 6.45) is 1.65. The number of carbonyl (C=O) groups excluding carboxylic acids is 1. The van der Waals surface area contributed by atoms with Gasteiger partial charge in [-0.15, -0.1) is 0 Å². The van der Waals surface area contributed by atoms with E-state index in [4.69, 9.17) is 16.5 Å². The number of hydrogen-bond acceptors (Lipinski definition) is 3. The minimum Gasteiger partial charge on any atom is -0.375 e. The number of ether oxygens (including phenoxy) is 1. The highest BCUT2D eigenvalue weighted by Crippen LogP contribution is 2.21. The minimum atomic E-state index is -0.233. The molecule has 4 nitrogen and oxygen atoms in total. The number of hydrogen-bond donors (Lipinski definition) is 1. The topological polar surface area (TPSA) is 41.6 Å². The van der Waals surface area contributed by atoms with Crippen molar-refractivity contribution in [1.29, 1.82) is 0 Å². The Morgan fingerprint density at radius 3 is 2.28 bits per heavy atom. The van der Waals surface area contributed by atoms with Crippen molar-refractivity contribution in [2.24, 2.45) is 0 Å². The Labute approximate surface area is 116 Å². The molecule has 1 amide bonds. The van der Waals surface area contributed by atoms with Gasteiger partial charge in [-0.1, -0.05) is 0 Å². The second-order valence-corrected chi connectivity index (χ2v) is 6.39. The van der Waals surface area contributed by atoms with Crippen LogP contribution in [-0.4, -0.2) is 41.7 Å². The molecule has 18 heavy (non-hydrogen) atoms. The number of carbonyl (C=O) groups is 1. The first kappa shape index (κ1) is 17.7. The standard InChI is InChI=1S/C13H27ClN2O2/c1-11(17)15-9-7-13(4,5)18-10-8-12(2,3)16(6)14/h7-10H2,1-6H3,(H,15,17). The summed E-state index contributed by atoms with van der Waals surface area (Å²) in [5, 5.41) is 2.78. The van der Waals surface area contributed by atoms with Gasteiger partial charge in [-0.2, -0.15) is 0 Å². The van der Waals surface area contributed by atoms with Crippen molar-refractivity contribution in [2.75, 3.05) is 20.2 Å². The Kier molecular flexibility index (Phi) is 7.18. The highest BCUT2D eigenvalue weighted by molar-refractivity contribution is 6.13. The lowest BCUT2D eigenvalue weighted by molar-refractivity contribution is -0.119. The van der Waals surface area contributed by atoms with Crippen LogP contribution in [0.3, 0.4) is 0 Å². The van der Waals surface area contributed by atoms with Crippen LogP contribution in [0.2, 0.25) is 0 Å². The van der Waals surface area contributed by atoms with Crippen LogP contribution in [0, 0.1) is 0 Å². The number of nitrogens with zero attached hydrogens (tertiary/aromatic N) is 1. The first-order valence-corrected chi connectivity index (χ1v) is 6.69. The van der Waals surface area contributed by atoms with Crippen LogP contribution in [-0.2, 0) is 9.53 Å². The van der Waals surface area contributed by atoms with Gasteiger partial charge in [-0.25, -0.2) is 4.42 Å². The molecule has 0 radical (unpaired) electrons. The Morgan fingerprint density at radius 2 is 1.83 bits per heavy atom. The van der Waals surface area contributed by atoms with Gasteiger partial charge in [-0.05, 0) is 52.3 Å². The van der Waals surface area contributed by atoms with E-state index in [9.17, 15) is 4.79 Å². The third-order valence-electron chi connectivity index (χ3n) is 3.14. The number of amides is 1. The lowest BCUT2D eigenvalue weighted by Gasteiger charge is -2.32.